The highest BCUT2D eigenvalue weighted by Gasteiger charge is 2.28. The number of rotatable bonds is 19. The molecule has 0 unspecified atom stereocenters. The van der Waals surface area contributed by atoms with E-state index in [9.17, 15) is 24.0 Å². The molecule has 2 aromatic carbocycles. The van der Waals surface area contributed by atoms with Crippen LogP contribution in [0.5, 0.6) is 0 Å². The van der Waals surface area contributed by atoms with Gasteiger partial charge in [0.1, 0.15) is 18.7 Å². The van der Waals surface area contributed by atoms with Crippen molar-refractivity contribution in [3.05, 3.63) is 65.7 Å². The van der Waals surface area contributed by atoms with Crippen molar-refractivity contribution in [2.24, 2.45) is 17.4 Å². The molecule has 0 saturated carbocycles. The van der Waals surface area contributed by atoms with Crippen LogP contribution < -0.4 is 38.1 Å². The number of carbonyl (C=O) groups excluding carboxylic acids is 5. The minimum absolute atomic E-state index is 0.0374. The first-order valence-electron chi connectivity index (χ1n) is 15.3. The molecule has 0 radical (unpaired) electrons. The zero-order valence-electron chi connectivity index (χ0n) is 26.1. The lowest BCUT2D eigenvalue weighted by molar-refractivity contribution is -0.132. The van der Waals surface area contributed by atoms with Gasteiger partial charge in [0.05, 0.1) is 0 Å². The van der Waals surface area contributed by atoms with Gasteiger partial charge in [0, 0.05) is 25.2 Å². The predicted molar refractivity (Wildman–Crippen MR) is 172 cm³/mol. The summed E-state index contributed by atoms with van der Waals surface area (Å²) in [6.45, 7) is 4.78. The molecule has 6 amide bonds. The van der Waals surface area contributed by atoms with Crippen molar-refractivity contribution >= 4 is 35.5 Å². The summed E-state index contributed by atoms with van der Waals surface area (Å²) in [6, 6.07) is 13.7. The SMILES string of the molecule is CC(C)[C@H](NC(=O)CCCCCN)C(=O)N[C@@H](CCCNC(N)=O)C(=O)Nc1ccc(COC(=O)NCc2ccccc2)cc1. The maximum atomic E-state index is 13.3. The fraction of sp³-hybridized carbons (Fsp3) is 0.469. The molecule has 13 heteroatoms. The number of primary amides is 1. The number of nitrogens with one attached hydrogen (secondary N) is 5. The molecule has 0 aliphatic rings. The third-order valence-electron chi connectivity index (χ3n) is 6.85. The molecule has 45 heavy (non-hydrogen) atoms. The number of nitrogens with two attached hydrogens (primary N) is 2. The summed E-state index contributed by atoms with van der Waals surface area (Å²) in [7, 11) is 0. The molecule has 2 atom stereocenters. The first kappa shape index (κ1) is 36.5. The van der Waals surface area contributed by atoms with Crippen LogP contribution in [0.1, 0.15) is 63.5 Å². The molecular formula is C32H47N7O6. The average molecular weight is 626 g/mol. The van der Waals surface area contributed by atoms with E-state index in [1.165, 1.54) is 0 Å². The van der Waals surface area contributed by atoms with E-state index >= 15 is 0 Å². The highest BCUT2D eigenvalue weighted by molar-refractivity contribution is 5.98. The molecule has 0 aliphatic heterocycles. The number of amides is 6. The number of hydrogen-bond donors (Lipinski definition) is 7. The van der Waals surface area contributed by atoms with Crippen molar-refractivity contribution in [3.8, 4) is 0 Å². The first-order chi connectivity index (χ1) is 21.6. The van der Waals surface area contributed by atoms with Crippen molar-refractivity contribution in [2.45, 2.75) is 77.6 Å². The second-order valence-corrected chi connectivity index (χ2v) is 11.0. The van der Waals surface area contributed by atoms with E-state index in [1.54, 1.807) is 24.3 Å². The maximum absolute atomic E-state index is 13.3. The van der Waals surface area contributed by atoms with Crippen molar-refractivity contribution < 1.29 is 28.7 Å². The highest BCUT2D eigenvalue weighted by atomic mass is 16.5. The van der Waals surface area contributed by atoms with Crippen LogP contribution in [0.15, 0.2) is 54.6 Å². The summed E-state index contributed by atoms with van der Waals surface area (Å²) in [4.78, 5) is 62.1. The van der Waals surface area contributed by atoms with E-state index in [-0.39, 0.29) is 37.8 Å². The Morgan fingerprint density at radius 2 is 1.51 bits per heavy atom. The van der Waals surface area contributed by atoms with Gasteiger partial charge in [0.2, 0.25) is 17.7 Å². The number of carbonyl (C=O) groups is 5. The summed E-state index contributed by atoms with van der Waals surface area (Å²) < 4.78 is 5.27. The van der Waals surface area contributed by atoms with Gasteiger partial charge < -0.3 is 42.8 Å². The first-order valence-corrected chi connectivity index (χ1v) is 15.3. The van der Waals surface area contributed by atoms with Gasteiger partial charge >= 0.3 is 12.1 Å². The Morgan fingerprint density at radius 3 is 2.16 bits per heavy atom. The van der Waals surface area contributed by atoms with Crippen LogP contribution >= 0.6 is 0 Å². The van der Waals surface area contributed by atoms with Gasteiger partial charge in [-0.2, -0.15) is 0 Å². The Bertz CT molecular complexity index is 1220. The van der Waals surface area contributed by atoms with Crippen LogP contribution in [-0.2, 0) is 32.3 Å². The van der Waals surface area contributed by atoms with E-state index in [4.69, 9.17) is 16.2 Å². The summed E-state index contributed by atoms with van der Waals surface area (Å²) in [6.07, 6.45) is 2.61. The average Bonchev–Trinajstić information content (AvgIpc) is 3.02. The molecule has 0 bridgehead atoms. The lowest BCUT2D eigenvalue weighted by atomic mass is 10.0. The predicted octanol–water partition coefficient (Wildman–Crippen LogP) is 2.64. The molecule has 2 aromatic rings. The molecule has 0 heterocycles. The van der Waals surface area contributed by atoms with Gasteiger partial charge in [-0.05, 0) is 61.4 Å². The zero-order chi connectivity index (χ0) is 33.0. The Balaban J connectivity index is 1.96. The maximum Gasteiger partial charge on any atom is 0.407 e. The van der Waals surface area contributed by atoms with E-state index in [1.807, 2.05) is 44.2 Å². The molecule has 9 N–H and O–H groups in total. The van der Waals surface area contributed by atoms with Gasteiger partial charge in [-0.3, -0.25) is 14.4 Å². The molecular weight excluding hydrogens is 578 g/mol. The van der Waals surface area contributed by atoms with Gasteiger partial charge in [0.25, 0.3) is 0 Å². The summed E-state index contributed by atoms with van der Waals surface area (Å²) in [5, 5.41) is 13.5. The minimum Gasteiger partial charge on any atom is -0.445 e. The Hall–Kier alpha value is -4.65. The van der Waals surface area contributed by atoms with Crippen LogP contribution in [-0.4, -0.2) is 55.0 Å². The molecule has 0 spiro atoms. The third-order valence-corrected chi connectivity index (χ3v) is 6.85. The molecule has 0 aromatic heterocycles. The molecule has 0 saturated heterocycles. The fourth-order valence-electron chi connectivity index (χ4n) is 4.32. The standard InChI is InChI=1S/C32H47N7O6/c1-22(2)28(39-27(40)13-7-4-8-18-33)30(42)38-26(12-9-19-35-31(34)43)29(41)37-25-16-14-24(15-17-25)21-45-32(44)36-20-23-10-5-3-6-11-23/h3,5-6,10-11,14-17,22,26,28H,4,7-9,12-13,18-21,33H2,1-2H3,(H,36,44)(H,37,41)(H,38,42)(H,39,40)(H3,34,35,43)/t26-,28-/m0/s1. The monoisotopic (exact) mass is 625 g/mol. The number of urea groups is 1. The quantitative estimate of drug-likeness (QED) is 0.116. The largest absolute Gasteiger partial charge is 0.445 e. The second-order valence-electron chi connectivity index (χ2n) is 11.0. The molecule has 13 nitrogen and oxygen atoms in total. The van der Waals surface area contributed by atoms with Crippen LogP contribution in [0, 0.1) is 5.92 Å². The summed E-state index contributed by atoms with van der Waals surface area (Å²) in [5.41, 5.74) is 12.8. The van der Waals surface area contributed by atoms with Gasteiger partial charge in [-0.25, -0.2) is 9.59 Å². The van der Waals surface area contributed by atoms with Gasteiger partial charge in [-0.15, -0.1) is 0 Å². The third kappa shape index (κ3) is 15.1. The lowest BCUT2D eigenvalue weighted by Gasteiger charge is -2.25. The number of unbranched alkanes of at least 4 members (excludes halogenated alkanes) is 2. The van der Waals surface area contributed by atoms with E-state index in [2.05, 4.69) is 26.6 Å². The Kier molecular flexibility index (Phi) is 16.5. The van der Waals surface area contributed by atoms with Crippen LogP contribution in [0.4, 0.5) is 15.3 Å². The zero-order valence-corrected chi connectivity index (χ0v) is 26.1. The van der Waals surface area contributed by atoms with Crippen LogP contribution in [0.3, 0.4) is 0 Å². The topological polar surface area (TPSA) is 207 Å². The minimum atomic E-state index is -0.953. The summed E-state index contributed by atoms with van der Waals surface area (Å²) >= 11 is 0. The number of anilines is 1. The van der Waals surface area contributed by atoms with Crippen LogP contribution in [0.25, 0.3) is 0 Å². The fourth-order valence-corrected chi connectivity index (χ4v) is 4.32. The Labute approximate surface area is 264 Å². The smallest absolute Gasteiger partial charge is 0.407 e. The lowest BCUT2D eigenvalue weighted by Crippen LogP contribution is -2.54. The molecule has 0 fully saturated rings. The number of alkyl carbamates (subject to hydrolysis) is 1. The second kappa shape index (κ2) is 20.3. The van der Waals surface area contributed by atoms with Crippen molar-refractivity contribution in [1.82, 2.24) is 21.3 Å². The van der Waals surface area contributed by atoms with Crippen LogP contribution in [0.2, 0.25) is 0 Å². The Morgan fingerprint density at radius 1 is 0.800 bits per heavy atom. The number of ether oxygens (including phenoxy) is 1. The highest BCUT2D eigenvalue weighted by Crippen LogP contribution is 2.13. The van der Waals surface area contributed by atoms with Crippen molar-refractivity contribution in [1.29, 1.82) is 0 Å². The summed E-state index contributed by atoms with van der Waals surface area (Å²) in [5.74, 6) is -1.43. The van der Waals surface area contributed by atoms with Gasteiger partial charge in [-0.1, -0.05) is 62.7 Å². The van der Waals surface area contributed by atoms with E-state index < -0.39 is 36.0 Å². The molecule has 0 aliphatic carbocycles. The molecule has 246 valence electrons. The van der Waals surface area contributed by atoms with E-state index in [0.29, 0.717) is 37.2 Å². The number of benzene rings is 2. The van der Waals surface area contributed by atoms with Crippen molar-refractivity contribution in [2.75, 3.05) is 18.4 Å². The normalized spacial score (nSPS) is 12.0. The molecule has 2 rings (SSSR count). The van der Waals surface area contributed by atoms with E-state index in [0.717, 1.165) is 18.4 Å². The van der Waals surface area contributed by atoms with Crippen molar-refractivity contribution in [3.63, 3.8) is 0 Å². The van der Waals surface area contributed by atoms with Gasteiger partial charge in [0.15, 0.2) is 0 Å². The number of hydrogen-bond acceptors (Lipinski definition) is 7.